The molecule has 1 aromatic carbocycles. The predicted octanol–water partition coefficient (Wildman–Crippen LogP) is 2.17. The lowest BCUT2D eigenvalue weighted by atomic mass is 9.95. The molecule has 1 rings (SSSR count). The van der Waals surface area contributed by atoms with Gasteiger partial charge in [-0.2, -0.15) is 0 Å². The molecule has 0 unspecified atom stereocenters. The average molecular weight is 243 g/mol. The minimum absolute atomic E-state index is 0.0176. The Hall–Kier alpha value is -0.505. The van der Waals surface area contributed by atoms with Gasteiger partial charge < -0.3 is 4.74 Å². The van der Waals surface area contributed by atoms with E-state index in [0.29, 0.717) is 15.7 Å². The number of hydrogen-bond acceptors (Lipinski definition) is 1. The summed E-state index contributed by atoms with van der Waals surface area (Å²) in [6.07, 6.45) is 0.0176. The van der Waals surface area contributed by atoms with E-state index in [1.165, 1.54) is 12.1 Å². The molecule has 1 nitrogen and oxygen atoms in total. The van der Waals surface area contributed by atoms with Gasteiger partial charge in [0, 0.05) is 0 Å². The summed E-state index contributed by atoms with van der Waals surface area (Å²) in [5.74, 6) is 0.122. The Morgan fingerprint density at radius 1 is 1.46 bits per heavy atom. The molecule has 1 aromatic rings. The molecule has 0 saturated carbocycles. The van der Waals surface area contributed by atoms with E-state index < -0.39 is 0 Å². The van der Waals surface area contributed by atoms with Crippen LogP contribution in [-0.2, 0) is 0 Å². The van der Waals surface area contributed by atoms with Crippen molar-refractivity contribution in [3.05, 3.63) is 22.4 Å². The first kappa shape index (κ1) is 10.6. The number of rotatable bonds is 2. The van der Waals surface area contributed by atoms with E-state index in [0.717, 1.165) is 0 Å². The molecule has 68 valence electrons. The van der Waals surface area contributed by atoms with Gasteiger partial charge in [-0.3, -0.25) is 0 Å². The minimum atomic E-state index is -0.375. The van der Waals surface area contributed by atoms with Crippen molar-refractivity contribution in [1.82, 2.24) is 0 Å². The van der Waals surface area contributed by atoms with Gasteiger partial charge in [0.2, 0.25) is 0 Å². The third-order valence-corrected chi connectivity index (χ3v) is 1.98. The highest BCUT2D eigenvalue weighted by molar-refractivity contribution is 9.10. The fourth-order valence-corrected chi connectivity index (χ4v) is 1.48. The van der Waals surface area contributed by atoms with Crippen molar-refractivity contribution < 1.29 is 9.13 Å². The first-order chi connectivity index (χ1) is 6.00. The second-order valence-electron chi connectivity index (χ2n) is 2.97. The fraction of sp³-hybridized carbons (Fsp3) is 0.333. The molecular weight excluding hydrogens is 234 g/mol. The van der Waals surface area contributed by atoms with E-state index >= 15 is 0 Å². The van der Waals surface area contributed by atoms with E-state index in [1.807, 2.05) is 13.8 Å². The third kappa shape index (κ3) is 2.73. The molecule has 4 heteroatoms. The molecule has 0 atom stereocenters. The van der Waals surface area contributed by atoms with Crippen molar-refractivity contribution in [2.75, 3.05) is 0 Å². The molecule has 2 radical (unpaired) electrons. The summed E-state index contributed by atoms with van der Waals surface area (Å²) < 4.78 is 18.7. The standard InChI is InChI=1S/C9H9BBrFO/c1-5(2)13-9-7(10)3-6(12)4-8(9)11/h3-5H,1-2H3. The second kappa shape index (κ2) is 4.14. The van der Waals surface area contributed by atoms with E-state index in [-0.39, 0.29) is 11.9 Å². The van der Waals surface area contributed by atoms with Crippen molar-refractivity contribution in [2.24, 2.45) is 0 Å². The summed E-state index contributed by atoms with van der Waals surface area (Å²) in [4.78, 5) is 0. The fourth-order valence-electron chi connectivity index (χ4n) is 0.940. The maximum absolute atomic E-state index is 12.8. The molecule has 0 fully saturated rings. The highest BCUT2D eigenvalue weighted by atomic mass is 79.9. The third-order valence-electron chi connectivity index (χ3n) is 1.39. The van der Waals surface area contributed by atoms with Crippen molar-refractivity contribution in [1.29, 1.82) is 0 Å². The van der Waals surface area contributed by atoms with Crippen molar-refractivity contribution in [3.63, 3.8) is 0 Å². The van der Waals surface area contributed by atoms with Crippen LogP contribution in [0.25, 0.3) is 0 Å². The summed E-state index contributed by atoms with van der Waals surface area (Å²) >= 11 is 3.18. The van der Waals surface area contributed by atoms with Crippen LogP contribution in [0.2, 0.25) is 0 Å². The van der Waals surface area contributed by atoms with Crippen LogP contribution in [0.15, 0.2) is 16.6 Å². The van der Waals surface area contributed by atoms with Gasteiger partial charge in [-0.15, -0.1) is 0 Å². The molecule has 0 aliphatic heterocycles. The van der Waals surface area contributed by atoms with Gasteiger partial charge in [-0.25, -0.2) is 4.39 Å². The van der Waals surface area contributed by atoms with Crippen LogP contribution in [0.4, 0.5) is 4.39 Å². The Kier molecular flexibility index (Phi) is 3.36. The Labute approximate surface area is 86.8 Å². The van der Waals surface area contributed by atoms with Crippen molar-refractivity contribution in [2.45, 2.75) is 20.0 Å². The first-order valence-electron chi connectivity index (χ1n) is 3.92. The summed E-state index contributed by atoms with van der Waals surface area (Å²) in [5, 5.41) is 0. The van der Waals surface area contributed by atoms with E-state index in [4.69, 9.17) is 12.6 Å². The van der Waals surface area contributed by atoms with Gasteiger partial charge in [0.05, 0.1) is 10.6 Å². The quantitative estimate of drug-likeness (QED) is 0.723. The molecule has 0 N–H and O–H groups in total. The van der Waals surface area contributed by atoms with Gasteiger partial charge in [-0.1, -0.05) is 5.46 Å². The lowest BCUT2D eigenvalue weighted by Crippen LogP contribution is -2.15. The lowest BCUT2D eigenvalue weighted by Gasteiger charge is -2.14. The maximum Gasteiger partial charge on any atom is 0.127 e. The highest BCUT2D eigenvalue weighted by Crippen LogP contribution is 2.23. The van der Waals surface area contributed by atoms with Crippen LogP contribution in [0, 0.1) is 5.82 Å². The minimum Gasteiger partial charge on any atom is -0.490 e. The van der Waals surface area contributed by atoms with Crippen molar-refractivity contribution in [3.8, 4) is 5.75 Å². The average Bonchev–Trinajstić information content (AvgIpc) is 1.96. The smallest absolute Gasteiger partial charge is 0.127 e. The summed E-state index contributed by atoms with van der Waals surface area (Å²) in [7, 11) is 5.58. The number of benzene rings is 1. The van der Waals surface area contributed by atoms with Crippen LogP contribution in [0.1, 0.15) is 13.8 Å². The molecule has 0 saturated heterocycles. The monoisotopic (exact) mass is 242 g/mol. The van der Waals surface area contributed by atoms with Gasteiger partial charge in [0.15, 0.2) is 0 Å². The van der Waals surface area contributed by atoms with Crippen molar-refractivity contribution >= 4 is 29.2 Å². The van der Waals surface area contributed by atoms with E-state index in [2.05, 4.69) is 15.9 Å². The Bertz CT molecular complexity index is 291. The van der Waals surface area contributed by atoms with Gasteiger partial charge >= 0.3 is 0 Å². The number of hydrogen-bond donors (Lipinski definition) is 0. The van der Waals surface area contributed by atoms with Crippen LogP contribution in [-0.4, -0.2) is 14.0 Å². The Morgan fingerprint density at radius 3 is 2.54 bits per heavy atom. The molecule has 0 aliphatic carbocycles. The topological polar surface area (TPSA) is 9.23 Å². The predicted molar refractivity (Wildman–Crippen MR) is 55.3 cm³/mol. The molecule has 0 aliphatic rings. The number of halogens is 2. The zero-order chi connectivity index (χ0) is 10.0. The lowest BCUT2D eigenvalue weighted by molar-refractivity contribution is 0.242. The summed E-state index contributed by atoms with van der Waals surface area (Å²) in [6.45, 7) is 3.77. The summed E-state index contributed by atoms with van der Waals surface area (Å²) in [6, 6.07) is 2.57. The van der Waals surface area contributed by atoms with Gasteiger partial charge in [0.1, 0.15) is 19.4 Å². The molecule has 0 spiro atoms. The van der Waals surface area contributed by atoms with Gasteiger partial charge in [0.25, 0.3) is 0 Å². The molecule has 0 amide bonds. The molecule has 0 bridgehead atoms. The summed E-state index contributed by atoms with van der Waals surface area (Å²) in [5.41, 5.74) is 0.306. The van der Waals surface area contributed by atoms with Crippen LogP contribution in [0.3, 0.4) is 0 Å². The zero-order valence-electron chi connectivity index (χ0n) is 7.47. The number of ether oxygens (including phenoxy) is 1. The van der Waals surface area contributed by atoms with E-state index in [9.17, 15) is 4.39 Å². The highest BCUT2D eigenvalue weighted by Gasteiger charge is 2.08. The maximum atomic E-state index is 12.8. The Morgan fingerprint density at radius 2 is 2.08 bits per heavy atom. The largest absolute Gasteiger partial charge is 0.490 e. The zero-order valence-corrected chi connectivity index (χ0v) is 9.06. The van der Waals surface area contributed by atoms with Crippen LogP contribution < -0.4 is 10.2 Å². The van der Waals surface area contributed by atoms with Crippen LogP contribution >= 0.6 is 15.9 Å². The SMILES string of the molecule is [B]c1cc(F)cc(Br)c1OC(C)C. The molecule has 0 heterocycles. The molecule has 0 aromatic heterocycles. The van der Waals surface area contributed by atoms with Gasteiger partial charge in [-0.05, 0) is 41.9 Å². The normalized spacial score (nSPS) is 10.5. The molecule has 13 heavy (non-hydrogen) atoms. The van der Waals surface area contributed by atoms with Crippen LogP contribution in [0.5, 0.6) is 5.75 Å². The van der Waals surface area contributed by atoms with E-state index in [1.54, 1.807) is 0 Å². The molecular formula is C9H9BBrFO. The Balaban J connectivity index is 3.06. The second-order valence-corrected chi connectivity index (χ2v) is 3.83. The first-order valence-corrected chi connectivity index (χ1v) is 4.71.